The predicted molar refractivity (Wildman–Crippen MR) is 96.2 cm³/mol. The number of sulfonamides is 1. The first kappa shape index (κ1) is 17.9. The van der Waals surface area contributed by atoms with Crippen LogP contribution in [0.15, 0.2) is 51.8 Å². The van der Waals surface area contributed by atoms with Gasteiger partial charge >= 0.3 is 0 Å². The zero-order valence-corrected chi connectivity index (χ0v) is 15.6. The van der Waals surface area contributed by atoms with Gasteiger partial charge in [0, 0.05) is 30.7 Å². The van der Waals surface area contributed by atoms with Gasteiger partial charge in [0.25, 0.3) is 0 Å². The van der Waals surface area contributed by atoms with E-state index in [1.807, 2.05) is 17.0 Å². The van der Waals surface area contributed by atoms with Crippen molar-refractivity contribution in [2.75, 3.05) is 31.1 Å². The molecule has 0 saturated carbocycles. The quantitative estimate of drug-likeness (QED) is 0.760. The largest absolute Gasteiger partial charge is 0.368 e. The molecule has 0 amide bonds. The van der Waals surface area contributed by atoms with Crippen LogP contribution in [-0.2, 0) is 10.0 Å². The number of anilines is 1. The third-order valence-corrected chi connectivity index (χ3v) is 6.52. The fourth-order valence-corrected chi connectivity index (χ4v) is 4.58. The molecule has 130 valence electrons. The van der Waals surface area contributed by atoms with Crippen LogP contribution in [0.3, 0.4) is 0 Å². The van der Waals surface area contributed by atoms with Gasteiger partial charge in [0.2, 0.25) is 10.0 Å². The van der Waals surface area contributed by atoms with Crippen LogP contribution in [0.1, 0.15) is 5.56 Å². The Morgan fingerprint density at radius 1 is 1.04 bits per heavy atom. The van der Waals surface area contributed by atoms with Crippen LogP contribution >= 0.6 is 15.9 Å². The summed E-state index contributed by atoms with van der Waals surface area (Å²) in [6.07, 6.45) is 0. The number of nitriles is 1. The van der Waals surface area contributed by atoms with Crippen LogP contribution in [0.4, 0.5) is 10.1 Å². The van der Waals surface area contributed by atoms with Crippen molar-refractivity contribution in [1.82, 2.24) is 4.31 Å². The maximum absolute atomic E-state index is 13.0. The van der Waals surface area contributed by atoms with Gasteiger partial charge in [-0.15, -0.1) is 0 Å². The summed E-state index contributed by atoms with van der Waals surface area (Å²) in [7, 11) is -3.64. The molecule has 2 aromatic rings. The molecule has 0 atom stereocenters. The van der Waals surface area contributed by atoms with Crippen molar-refractivity contribution in [2.24, 2.45) is 0 Å². The summed E-state index contributed by atoms with van der Waals surface area (Å²) >= 11 is 3.34. The molecule has 8 heteroatoms. The first-order valence-electron chi connectivity index (χ1n) is 7.62. The number of nitrogens with zero attached hydrogens (tertiary/aromatic N) is 3. The second-order valence-corrected chi connectivity index (χ2v) is 8.47. The van der Waals surface area contributed by atoms with E-state index in [9.17, 15) is 18.1 Å². The summed E-state index contributed by atoms with van der Waals surface area (Å²) in [5.41, 5.74) is 1.34. The maximum atomic E-state index is 13.0. The van der Waals surface area contributed by atoms with E-state index in [0.29, 0.717) is 31.7 Å². The molecule has 0 aromatic heterocycles. The molecule has 0 spiro atoms. The summed E-state index contributed by atoms with van der Waals surface area (Å²) in [6.45, 7) is 1.58. The molecule has 3 rings (SSSR count). The van der Waals surface area contributed by atoms with Crippen LogP contribution in [-0.4, -0.2) is 38.9 Å². The Labute approximate surface area is 154 Å². The highest BCUT2D eigenvalue weighted by molar-refractivity contribution is 9.10. The second kappa shape index (κ2) is 7.12. The fraction of sp³-hybridized carbons (Fsp3) is 0.235. The van der Waals surface area contributed by atoms with Crippen LogP contribution < -0.4 is 4.90 Å². The average Bonchev–Trinajstić information content (AvgIpc) is 2.62. The molecular weight excluding hydrogens is 409 g/mol. The van der Waals surface area contributed by atoms with E-state index in [2.05, 4.69) is 22.0 Å². The van der Waals surface area contributed by atoms with Crippen molar-refractivity contribution < 1.29 is 12.8 Å². The van der Waals surface area contributed by atoms with Crippen LogP contribution in [0.5, 0.6) is 0 Å². The van der Waals surface area contributed by atoms with Crippen molar-refractivity contribution in [3.05, 3.63) is 58.3 Å². The zero-order chi connectivity index (χ0) is 18.0. The molecule has 1 aliphatic rings. The van der Waals surface area contributed by atoms with Gasteiger partial charge in [-0.3, -0.25) is 0 Å². The molecule has 0 bridgehead atoms. The van der Waals surface area contributed by atoms with Crippen LogP contribution in [0.25, 0.3) is 0 Å². The highest BCUT2D eigenvalue weighted by atomic mass is 79.9. The number of piperazine rings is 1. The highest BCUT2D eigenvalue weighted by Gasteiger charge is 2.29. The highest BCUT2D eigenvalue weighted by Crippen LogP contribution is 2.26. The van der Waals surface area contributed by atoms with Crippen LogP contribution in [0.2, 0.25) is 0 Å². The second-order valence-electron chi connectivity index (χ2n) is 5.62. The number of hydrogen-bond donors (Lipinski definition) is 0. The van der Waals surface area contributed by atoms with E-state index in [-0.39, 0.29) is 4.90 Å². The molecule has 0 unspecified atom stereocenters. The summed E-state index contributed by atoms with van der Waals surface area (Å²) in [4.78, 5) is 2.09. The number of hydrogen-bond acceptors (Lipinski definition) is 4. The molecule has 1 aliphatic heterocycles. The number of rotatable bonds is 3. The normalized spacial score (nSPS) is 15.8. The number of benzene rings is 2. The lowest BCUT2D eigenvalue weighted by molar-refractivity contribution is 0.385. The van der Waals surface area contributed by atoms with Crippen molar-refractivity contribution in [3.63, 3.8) is 0 Å². The first-order chi connectivity index (χ1) is 11.9. The van der Waals surface area contributed by atoms with Gasteiger partial charge in [0.05, 0.1) is 16.1 Å². The van der Waals surface area contributed by atoms with Gasteiger partial charge in [-0.25, -0.2) is 12.8 Å². The molecule has 25 heavy (non-hydrogen) atoms. The van der Waals surface area contributed by atoms with E-state index in [1.165, 1.54) is 16.4 Å². The summed E-state index contributed by atoms with van der Waals surface area (Å²) in [5, 5.41) is 9.29. The molecular formula is C17H15BrFN3O2S. The average molecular weight is 424 g/mol. The van der Waals surface area contributed by atoms with E-state index in [1.54, 1.807) is 6.07 Å². The molecule has 2 aromatic carbocycles. The predicted octanol–water partition coefficient (Wildman–Crippen LogP) is 2.97. The molecule has 1 fully saturated rings. The van der Waals surface area contributed by atoms with Gasteiger partial charge < -0.3 is 4.90 Å². The van der Waals surface area contributed by atoms with Crippen molar-refractivity contribution in [1.29, 1.82) is 5.26 Å². The minimum Gasteiger partial charge on any atom is -0.368 e. The molecule has 0 aliphatic carbocycles. The Morgan fingerprint density at radius 3 is 2.28 bits per heavy atom. The van der Waals surface area contributed by atoms with E-state index in [0.717, 1.165) is 22.3 Å². The standard InChI is InChI=1S/C17H15BrFN3O2S/c18-14-1-6-17(13(11-14)12-20)21-7-9-22(10-8-21)25(23,24)16-4-2-15(19)3-5-16/h1-6,11H,7-10H2. The van der Waals surface area contributed by atoms with Crippen LogP contribution in [0, 0.1) is 17.1 Å². The molecule has 0 radical (unpaired) electrons. The summed E-state index contributed by atoms with van der Waals surface area (Å²) in [6, 6.07) is 12.5. The first-order valence-corrected chi connectivity index (χ1v) is 9.85. The summed E-state index contributed by atoms with van der Waals surface area (Å²) in [5.74, 6) is -0.469. The van der Waals surface area contributed by atoms with Gasteiger partial charge in [0.1, 0.15) is 11.9 Å². The lowest BCUT2D eigenvalue weighted by Gasteiger charge is -2.35. The fourth-order valence-electron chi connectivity index (χ4n) is 2.80. The lowest BCUT2D eigenvalue weighted by atomic mass is 10.1. The van der Waals surface area contributed by atoms with Crippen molar-refractivity contribution in [3.8, 4) is 6.07 Å². The Bertz CT molecular complexity index is 918. The molecule has 1 saturated heterocycles. The SMILES string of the molecule is N#Cc1cc(Br)ccc1N1CCN(S(=O)(=O)c2ccc(F)cc2)CC1. The third-order valence-electron chi connectivity index (χ3n) is 4.11. The molecule has 5 nitrogen and oxygen atoms in total. The van der Waals surface area contributed by atoms with E-state index >= 15 is 0 Å². The Hall–Kier alpha value is -1.95. The van der Waals surface area contributed by atoms with Crippen molar-refractivity contribution in [2.45, 2.75) is 4.90 Å². The Kier molecular flexibility index (Phi) is 5.08. The van der Waals surface area contributed by atoms with E-state index in [4.69, 9.17) is 0 Å². The van der Waals surface area contributed by atoms with Crippen molar-refractivity contribution >= 4 is 31.6 Å². The van der Waals surface area contributed by atoms with Gasteiger partial charge in [-0.2, -0.15) is 9.57 Å². The zero-order valence-electron chi connectivity index (χ0n) is 13.2. The molecule has 0 N–H and O–H groups in total. The van der Waals surface area contributed by atoms with E-state index < -0.39 is 15.8 Å². The smallest absolute Gasteiger partial charge is 0.243 e. The maximum Gasteiger partial charge on any atom is 0.243 e. The molecule has 1 heterocycles. The lowest BCUT2D eigenvalue weighted by Crippen LogP contribution is -2.48. The Morgan fingerprint density at radius 2 is 1.68 bits per heavy atom. The van der Waals surface area contributed by atoms with Gasteiger partial charge in [0.15, 0.2) is 0 Å². The monoisotopic (exact) mass is 423 g/mol. The summed E-state index contributed by atoms with van der Waals surface area (Å²) < 4.78 is 40.5. The topological polar surface area (TPSA) is 64.4 Å². The van der Waals surface area contributed by atoms with Gasteiger partial charge in [-0.05, 0) is 42.5 Å². The minimum atomic E-state index is -3.64. The third kappa shape index (κ3) is 3.68. The Balaban J connectivity index is 1.76. The minimum absolute atomic E-state index is 0.0868. The van der Waals surface area contributed by atoms with Gasteiger partial charge in [-0.1, -0.05) is 15.9 Å². The number of halogens is 2.